The Morgan fingerprint density at radius 1 is 1.29 bits per heavy atom. The largest absolute Gasteiger partial charge is 0.382 e. The molecule has 6 nitrogen and oxygen atoms in total. The van der Waals surface area contributed by atoms with E-state index in [1.165, 1.54) is 12.4 Å². The fourth-order valence-electron chi connectivity index (χ4n) is 1.75. The number of nitrogen functional groups attached to an aromatic ring is 1. The van der Waals surface area contributed by atoms with E-state index in [0.29, 0.717) is 18.5 Å². The highest BCUT2D eigenvalue weighted by molar-refractivity contribution is 7.53. The van der Waals surface area contributed by atoms with Crippen LogP contribution in [0, 0.1) is 0 Å². The Hall–Kier alpha value is -0.680. The molecule has 8 heteroatoms. The highest BCUT2D eigenvalue weighted by atomic mass is 35.5. The Kier molecular flexibility index (Phi) is 5.55. The third-order valence-corrected chi connectivity index (χ3v) is 4.85. The zero-order valence-electron chi connectivity index (χ0n) is 9.70. The lowest BCUT2D eigenvalue weighted by atomic mass is 9.98. The summed E-state index contributed by atoms with van der Waals surface area (Å²) in [5, 5.41) is -1.26. The molecule has 17 heavy (non-hydrogen) atoms. The molecule has 1 aromatic heterocycles. The first-order chi connectivity index (χ1) is 7.37. The van der Waals surface area contributed by atoms with Crippen LogP contribution in [0.2, 0.25) is 0 Å². The van der Waals surface area contributed by atoms with Gasteiger partial charge < -0.3 is 15.5 Å². The van der Waals surface area contributed by atoms with Gasteiger partial charge >= 0.3 is 7.60 Å². The Balaban J connectivity index is 0.00000256. The summed E-state index contributed by atoms with van der Waals surface area (Å²) in [5.41, 5.74) is 5.69. The summed E-state index contributed by atoms with van der Waals surface area (Å²) in [6.07, 6.45) is 3.24. The van der Waals surface area contributed by atoms with Crippen molar-refractivity contribution in [1.82, 2.24) is 9.97 Å². The molecule has 0 aliphatic carbocycles. The average Bonchev–Trinajstić information content (AvgIpc) is 2.21. The smallest absolute Gasteiger partial charge is 0.337 e. The van der Waals surface area contributed by atoms with Gasteiger partial charge in [0.2, 0.25) is 0 Å². The van der Waals surface area contributed by atoms with E-state index >= 15 is 0 Å². The number of aromatic nitrogens is 2. The van der Waals surface area contributed by atoms with Gasteiger partial charge in [-0.1, -0.05) is 13.8 Å². The molecule has 0 radical (unpaired) electrons. The van der Waals surface area contributed by atoms with Gasteiger partial charge in [0.05, 0.1) is 18.1 Å². The van der Waals surface area contributed by atoms with Crippen molar-refractivity contribution in [1.29, 1.82) is 0 Å². The van der Waals surface area contributed by atoms with Gasteiger partial charge in [-0.15, -0.1) is 12.4 Å². The Morgan fingerprint density at radius 2 is 1.82 bits per heavy atom. The van der Waals surface area contributed by atoms with Crippen molar-refractivity contribution in [3.63, 3.8) is 0 Å². The predicted molar refractivity (Wildman–Crippen MR) is 68.0 cm³/mol. The minimum Gasteiger partial charge on any atom is -0.382 e. The van der Waals surface area contributed by atoms with Crippen LogP contribution in [0.1, 0.15) is 32.4 Å². The fourth-order valence-corrected chi connectivity index (χ4v) is 2.99. The van der Waals surface area contributed by atoms with Gasteiger partial charge in [-0.2, -0.15) is 0 Å². The molecular formula is C9H17ClN3O3P. The van der Waals surface area contributed by atoms with E-state index in [1.54, 1.807) is 13.8 Å². The second-order valence-corrected chi connectivity index (χ2v) is 5.55. The van der Waals surface area contributed by atoms with Gasteiger partial charge in [-0.3, -0.25) is 9.55 Å². The lowest BCUT2D eigenvalue weighted by molar-refractivity contribution is 0.312. The van der Waals surface area contributed by atoms with Crippen molar-refractivity contribution in [2.75, 3.05) is 5.73 Å². The van der Waals surface area contributed by atoms with Gasteiger partial charge in [-0.05, 0) is 12.8 Å². The molecule has 0 aliphatic heterocycles. The molecule has 0 unspecified atom stereocenters. The van der Waals surface area contributed by atoms with Crippen LogP contribution in [0.25, 0.3) is 0 Å². The Bertz CT molecular complexity index is 402. The maximum Gasteiger partial charge on any atom is 0.337 e. The summed E-state index contributed by atoms with van der Waals surface area (Å²) in [7, 11) is -4.29. The average molecular weight is 282 g/mol. The molecule has 0 aliphatic rings. The molecule has 98 valence electrons. The number of hydrogen-bond donors (Lipinski definition) is 3. The number of halogens is 1. The van der Waals surface area contributed by atoms with Crippen molar-refractivity contribution in [3.8, 4) is 0 Å². The highest BCUT2D eigenvalue weighted by Gasteiger charge is 2.46. The van der Waals surface area contributed by atoms with Crippen LogP contribution in [0.5, 0.6) is 0 Å². The van der Waals surface area contributed by atoms with Gasteiger partial charge in [0, 0.05) is 0 Å². The van der Waals surface area contributed by atoms with Gasteiger partial charge in [-0.25, -0.2) is 4.98 Å². The first-order valence-electron chi connectivity index (χ1n) is 5.01. The normalized spacial score (nSPS) is 12.0. The molecule has 0 fully saturated rings. The van der Waals surface area contributed by atoms with Crippen LogP contribution >= 0.6 is 20.0 Å². The van der Waals surface area contributed by atoms with Gasteiger partial charge in [0.25, 0.3) is 0 Å². The van der Waals surface area contributed by atoms with Crippen molar-refractivity contribution >= 4 is 25.8 Å². The van der Waals surface area contributed by atoms with Crippen LogP contribution in [0.15, 0.2) is 12.4 Å². The molecule has 0 amide bonds. The zero-order chi connectivity index (χ0) is 12.4. The van der Waals surface area contributed by atoms with Gasteiger partial charge in [0.15, 0.2) is 0 Å². The maximum absolute atomic E-state index is 11.6. The second kappa shape index (κ2) is 5.78. The molecule has 0 aromatic carbocycles. The van der Waals surface area contributed by atoms with E-state index in [0.717, 1.165) is 0 Å². The van der Waals surface area contributed by atoms with Crippen LogP contribution in [-0.4, -0.2) is 19.8 Å². The summed E-state index contributed by atoms with van der Waals surface area (Å²) in [6, 6.07) is 0. The minimum absolute atomic E-state index is 0. The highest BCUT2D eigenvalue weighted by Crippen LogP contribution is 2.60. The predicted octanol–water partition coefficient (Wildman–Crippen LogP) is 1.67. The zero-order valence-corrected chi connectivity index (χ0v) is 11.4. The summed E-state index contributed by atoms with van der Waals surface area (Å²) in [5.74, 6) is 0.232. The number of hydrogen-bond acceptors (Lipinski definition) is 4. The van der Waals surface area contributed by atoms with Crippen LogP contribution < -0.4 is 5.73 Å². The number of nitrogens with two attached hydrogens (primary N) is 1. The molecule has 1 rings (SSSR count). The topological polar surface area (TPSA) is 109 Å². The fraction of sp³-hybridized carbons (Fsp3) is 0.556. The molecule has 0 bridgehead atoms. The van der Waals surface area contributed by atoms with Crippen LogP contribution in [-0.2, 0) is 9.72 Å². The van der Waals surface area contributed by atoms with Crippen molar-refractivity contribution in [3.05, 3.63) is 18.1 Å². The number of rotatable bonds is 4. The van der Waals surface area contributed by atoms with E-state index < -0.39 is 12.8 Å². The SMILES string of the molecule is CCC(CC)(c1cnc(N)cn1)P(=O)(O)O.Cl. The summed E-state index contributed by atoms with van der Waals surface area (Å²) in [6.45, 7) is 3.45. The maximum atomic E-state index is 11.6. The van der Waals surface area contributed by atoms with E-state index in [4.69, 9.17) is 5.73 Å². The van der Waals surface area contributed by atoms with Crippen LogP contribution in [0.4, 0.5) is 5.82 Å². The third-order valence-electron chi connectivity index (χ3n) is 2.88. The quantitative estimate of drug-likeness (QED) is 0.724. The van der Waals surface area contributed by atoms with Crippen LogP contribution in [0.3, 0.4) is 0 Å². The standard InChI is InChI=1S/C9H16N3O3P.ClH/c1-3-9(4-2,16(13,14)15)7-5-12-8(10)6-11-7;/h5-6H,3-4H2,1-2H3,(H2,10,12)(H2,13,14,15);1H. The Labute approximate surface area is 106 Å². The monoisotopic (exact) mass is 281 g/mol. The Morgan fingerprint density at radius 3 is 2.12 bits per heavy atom. The molecule has 4 N–H and O–H groups in total. The minimum atomic E-state index is -4.29. The van der Waals surface area contributed by atoms with E-state index in [1.807, 2.05) is 0 Å². The second-order valence-electron chi connectivity index (χ2n) is 3.61. The molecule has 0 atom stereocenters. The first kappa shape index (κ1) is 16.3. The van der Waals surface area contributed by atoms with E-state index in [9.17, 15) is 14.4 Å². The summed E-state index contributed by atoms with van der Waals surface area (Å²) < 4.78 is 11.6. The van der Waals surface area contributed by atoms with Crippen molar-refractivity contribution in [2.45, 2.75) is 31.8 Å². The number of nitrogens with zero attached hydrogens (tertiary/aromatic N) is 2. The molecule has 0 saturated carbocycles. The molecule has 1 heterocycles. The van der Waals surface area contributed by atoms with Crippen molar-refractivity contribution < 1.29 is 14.4 Å². The number of anilines is 1. The molecule has 1 aromatic rings. The molecule has 0 spiro atoms. The molecular weight excluding hydrogens is 265 g/mol. The van der Waals surface area contributed by atoms with E-state index in [-0.39, 0.29) is 18.2 Å². The van der Waals surface area contributed by atoms with Gasteiger partial charge in [0.1, 0.15) is 11.0 Å². The molecule has 0 saturated heterocycles. The van der Waals surface area contributed by atoms with Crippen molar-refractivity contribution in [2.24, 2.45) is 0 Å². The first-order valence-corrected chi connectivity index (χ1v) is 6.62. The summed E-state index contributed by atoms with van der Waals surface area (Å²) in [4.78, 5) is 26.7. The lowest BCUT2D eigenvalue weighted by Gasteiger charge is -2.31. The summed E-state index contributed by atoms with van der Waals surface area (Å²) >= 11 is 0. The lowest BCUT2D eigenvalue weighted by Crippen LogP contribution is -2.26. The third kappa shape index (κ3) is 2.96. The van der Waals surface area contributed by atoms with E-state index in [2.05, 4.69) is 9.97 Å².